The summed E-state index contributed by atoms with van der Waals surface area (Å²) in [7, 11) is 0. The largest absolute Gasteiger partial charge is 0.427 e. The number of carbonyl (C=O) groups excluding carboxylic acids is 2. The smallest absolute Gasteiger partial charge is 0.308 e. The average Bonchev–Trinajstić information content (AvgIpc) is 3.01. The Bertz CT molecular complexity index is 1300. The molecule has 0 spiro atoms. The first-order valence-corrected chi connectivity index (χ1v) is 10.5. The number of fused-ring (bicyclic) bond motifs is 1. The zero-order chi connectivity index (χ0) is 22.8. The third kappa shape index (κ3) is 4.42. The molecule has 0 atom stereocenters. The fourth-order valence-corrected chi connectivity index (χ4v) is 3.99. The van der Waals surface area contributed by atoms with Gasteiger partial charge in [-0.25, -0.2) is 0 Å². The molecule has 5 heteroatoms. The molecule has 0 saturated heterocycles. The Kier molecular flexibility index (Phi) is 5.82. The standard InChI is InChI=1S/C27H25NO4/c1-17-5-7-21(8-6-17)16-28-26-14-13-24(32-20(4)30)15-25(26)18(2)27(28)22-9-11-23(12-10-22)31-19(3)29/h5-15H,16H2,1-4H3. The molecule has 0 unspecified atom stereocenters. The van der Waals surface area contributed by atoms with Crippen LogP contribution in [0.3, 0.4) is 0 Å². The van der Waals surface area contributed by atoms with Crippen molar-refractivity contribution in [3.63, 3.8) is 0 Å². The average molecular weight is 428 g/mol. The highest BCUT2D eigenvalue weighted by Crippen LogP contribution is 2.36. The van der Waals surface area contributed by atoms with E-state index in [0.717, 1.165) is 27.7 Å². The molecule has 0 radical (unpaired) electrons. The van der Waals surface area contributed by atoms with Gasteiger partial charge in [-0.1, -0.05) is 29.8 Å². The Morgan fingerprint density at radius 3 is 2.00 bits per heavy atom. The van der Waals surface area contributed by atoms with E-state index in [0.29, 0.717) is 18.0 Å². The summed E-state index contributed by atoms with van der Waals surface area (Å²) in [4.78, 5) is 22.7. The number of aromatic nitrogens is 1. The lowest BCUT2D eigenvalue weighted by Crippen LogP contribution is -2.03. The van der Waals surface area contributed by atoms with Gasteiger partial charge in [0.05, 0.1) is 5.69 Å². The van der Waals surface area contributed by atoms with E-state index in [9.17, 15) is 9.59 Å². The Balaban J connectivity index is 1.86. The monoisotopic (exact) mass is 427 g/mol. The van der Waals surface area contributed by atoms with Crippen molar-refractivity contribution in [1.29, 1.82) is 0 Å². The quantitative estimate of drug-likeness (QED) is 0.297. The summed E-state index contributed by atoms with van der Waals surface area (Å²) in [6.45, 7) is 7.62. The molecule has 4 aromatic rings. The SMILES string of the molecule is CC(=O)Oc1ccc(-c2c(C)c3cc(OC(C)=O)ccc3n2Cc2ccc(C)cc2)cc1. The van der Waals surface area contributed by atoms with Gasteiger partial charge in [-0.3, -0.25) is 9.59 Å². The zero-order valence-corrected chi connectivity index (χ0v) is 18.6. The van der Waals surface area contributed by atoms with E-state index in [4.69, 9.17) is 9.47 Å². The summed E-state index contributed by atoms with van der Waals surface area (Å²) in [5.74, 6) is 0.345. The van der Waals surface area contributed by atoms with Crippen LogP contribution in [0, 0.1) is 13.8 Å². The molecule has 1 heterocycles. The molecule has 3 aromatic carbocycles. The van der Waals surface area contributed by atoms with Crippen LogP contribution in [0.4, 0.5) is 0 Å². The third-order valence-corrected chi connectivity index (χ3v) is 5.40. The number of esters is 2. The summed E-state index contributed by atoms with van der Waals surface area (Å²) < 4.78 is 12.8. The normalized spacial score (nSPS) is 10.9. The molecule has 162 valence electrons. The van der Waals surface area contributed by atoms with Crippen molar-refractivity contribution in [1.82, 2.24) is 4.57 Å². The van der Waals surface area contributed by atoms with Gasteiger partial charge in [-0.15, -0.1) is 0 Å². The van der Waals surface area contributed by atoms with Crippen LogP contribution in [-0.4, -0.2) is 16.5 Å². The van der Waals surface area contributed by atoms with Gasteiger partial charge in [0.1, 0.15) is 11.5 Å². The molecule has 0 N–H and O–H groups in total. The van der Waals surface area contributed by atoms with E-state index in [1.54, 1.807) is 12.1 Å². The summed E-state index contributed by atoms with van der Waals surface area (Å²) in [6, 6.07) is 21.7. The van der Waals surface area contributed by atoms with Crippen LogP contribution in [0.1, 0.15) is 30.5 Å². The van der Waals surface area contributed by atoms with E-state index in [-0.39, 0.29) is 11.9 Å². The molecule has 5 nitrogen and oxygen atoms in total. The highest BCUT2D eigenvalue weighted by atomic mass is 16.5. The molecule has 0 aliphatic carbocycles. The van der Waals surface area contributed by atoms with Gasteiger partial charge in [0.15, 0.2) is 0 Å². The van der Waals surface area contributed by atoms with E-state index < -0.39 is 0 Å². The van der Waals surface area contributed by atoms with Gasteiger partial charge in [0, 0.05) is 31.3 Å². The minimum absolute atomic E-state index is 0.345. The fraction of sp³-hybridized carbons (Fsp3) is 0.185. The first-order valence-electron chi connectivity index (χ1n) is 10.5. The Hall–Kier alpha value is -3.86. The molecule has 0 fully saturated rings. The Morgan fingerprint density at radius 1 is 0.781 bits per heavy atom. The predicted octanol–water partition coefficient (Wildman–Crippen LogP) is 5.82. The molecule has 0 aliphatic rings. The number of benzene rings is 3. The van der Waals surface area contributed by atoms with Gasteiger partial charge >= 0.3 is 11.9 Å². The van der Waals surface area contributed by atoms with Gasteiger partial charge in [0.25, 0.3) is 0 Å². The maximum Gasteiger partial charge on any atom is 0.308 e. The van der Waals surface area contributed by atoms with Gasteiger partial charge in [-0.2, -0.15) is 0 Å². The lowest BCUT2D eigenvalue weighted by Gasteiger charge is -2.13. The van der Waals surface area contributed by atoms with Crippen LogP contribution in [-0.2, 0) is 16.1 Å². The summed E-state index contributed by atoms with van der Waals surface area (Å²) in [5.41, 5.74) is 6.62. The van der Waals surface area contributed by atoms with Crippen LogP contribution in [0.15, 0.2) is 66.7 Å². The van der Waals surface area contributed by atoms with E-state index in [1.807, 2.05) is 30.3 Å². The number of hydrogen-bond donors (Lipinski definition) is 0. The third-order valence-electron chi connectivity index (χ3n) is 5.40. The van der Waals surface area contributed by atoms with Crippen LogP contribution in [0.2, 0.25) is 0 Å². The van der Waals surface area contributed by atoms with Crippen molar-refractivity contribution in [2.24, 2.45) is 0 Å². The molecule has 4 rings (SSSR count). The molecular weight excluding hydrogens is 402 g/mol. The van der Waals surface area contributed by atoms with Crippen LogP contribution in [0.5, 0.6) is 11.5 Å². The molecular formula is C27H25NO4. The molecule has 0 saturated carbocycles. The van der Waals surface area contributed by atoms with Crippen LogP contribution >= 0.6 is 0 Å². The summed E-state index contributed by atoms with van der Waals surface area (Å²) in [6.07, 6.45) is 0. The highest BCUT2D eigenvalue weighted by molar-refractivity contribution is 5.93. The Morgan fingerprint density at radius 2 is 1.38 bits per heavy atom. The number of rotatable bonds is 5. The van der Waals surface area contributed by atoms with Crippen molar-refractivity contribution < 1.29 is 19.1 Å². The second kappa shape index (κ2) is 8.71. The number of carbonyl (C=O) groups is 2. The van der Waals surface area contributed by atoms with Crippen molar-refractivity contribution >= 4 is 22.8 Å². The van der Waals surface area contributed by atoms with Crippen molar-refractivity contribution in [3.05, 3.63) is 83.4 Å². The first-order chi connectivity index (χ1) is 15.3. The minimum atomic E-state index is -0.347. The zero-order valence-electron chi connectivity index (χ0n) is 18.6. The maximum atomic E-state index is 11.4. The first kappa shape index (κ1) is 21.4. The maximum absolute atomic E-state index is 11.4. The second-order valence-corrected chi connectivity index (χ2v) is 7.94. The Labute approximate surface area is 187 Å². The number of hydrogen-bond acceptors (Lipinski definition) is 4. The van der Waals surface area contributed by atoms with Crippen LogP contribution < -0.4 is 9.47 Å². The summed E-state index contributed by atoms with van der Waals surface area (Å²) in [5, 5.41) is 1.02. The van der Waals surface area contributed by atoms with E-state index in [2.05, 4.69) is 42.7 Å². The number of aryl methyl sites for hydroxylation is 2. The fourth-order valence-electron chi connectivity index (χ4n) is 3.99. The van der Waals surface area contributed by atoms with Crippen molar-refractivity contribution in [2.75, 3.05) is 0 Å². The van der Waals surface area contributed by atoms with Crippen molar-refractivity contribution in [3.8, 4) is 22.8 Å². The van der Waals surface area contributed by atoms with E-state index in [1.165, 1.54) is 25.0 Å². The highest BCUT2D eigenvalue weighted by Gasteiger charge is 2.17. The molecule has 0 bridgehead atoms. The number of nitrogens with zero attached hydrogens (tertiary/aromatic N) is 1. The van der Waals surface area contributed by atoms with Crippen LogP contribution in [0.25, 0.3) is 22.2 Å². The molecule has 0 aliphatic heterocycles. The molecule has 32 heavy (non-hydrogen) atoms. The molecule has 0 amide bonds. The second-order valence-electron chi connectivity index (χ2n) is 7.94. The molecule has 1 aromatic heterocycles. The van der Waals surface area contributed by atoms with Gasteiger partial charge < -0.3 is 14.0 Å². The lowest BCUT2D eigenvalue weighted by molar-refractivity contribution is -0.132. The summed E-state index contributed by atoms with van der Waals surface area (Å²) >= 11 is 0. The van der Waals surface area contributed by atoms with Crippen molar-refractivity contribution in [2.45, 2.75) is 34.2 Å². The lowest BCUT2D eigenvalue weighted by atomic mass is 10.1. The van der Waals surface area contributed by atoms with E-state index >= 15 is 0 Å². The van der Waals surface area contributed by atoms with Gasteiger partial charge in [0.2, 0.25) is 0 Å². The predicted molar refractivity (Wildman–Crippen MR) is 125 cm³/mol. The van der Waals surface area contributed by atoms with Gasteiger partial charge in [-0.05, 0) is 73.0 Å². The number of ether oxygens (including phenoxy) is 2. The minimum Gasteiger partial charge on any atom is -0.427 e. The topological polar surface area (TPSA) is 57.5 Å².